The molecule has 2 aliphatic heterocycles. The van der Waals surface area contributed by atoms with Crippen LogP contribution >= 0.6 is 0 Å². The van der Waals surface area contributed by atoms with Gasteiger partial charge in [-0.1, -0.05) is 6.92 Å². The summed E-state index contributed by atoms with van der Waals surface area (Å²) in [6, 6.07) is 0. The molecule has 19 heavy (non-hydrogen) atoms. The minimum Gasteiger partial charge on any atom is -0.462 e. The highest BCUT2D eigenvalue weighted by molar-refractivity contribution is 5.85. The maximum Gasteiger partial charge on any atom is 0.214 e. The van der Waals surface area contributed by atoms with Crippen LogP contribution in [0.4, 0.5) is 5.69 Å². The summed E-state index contributed by atoms with van der Waals surface area (Å²) < 4.78 is 5.76. The van der Waals surface area contributed by atoms with Crippen LogP contribution in [0.1, 0.15) is 42.0 Å². The van der Waals surface area contributed by atoms with Gasteiger partial charge < -0.3 is 14.7 Å². The van der Waals surface area contributed by atoms with Gasteiger partial charge in [0.05, 0.1) is 11.6 Å². The number of hydrogen-bond donors (Lipinski definition) is 1. The van der Waals surface area contributed by atoms with Gasteiger partial charge in [0, 0.05) is 19.0 Å². The van der Waals surface area contributed by atoms with Gasteiger partial charge in [0.2, 0.25) is 12.2 Å². The monoisotopic (exact) mass is 261 g/mol. The Morgan fingerprint density at radius 2 is 2.11 bits per heavy atom. The van der Waals surface area contributed by atoms with Crippen LogP contribution in [-0.4, -0.2) is 23.8 Å². The Balaban J connectivity index is 2.29. The summed E-state index contributed by atoms with van der Waals surface area (Å²) in [6.07, 6.45) is 1.75. The van der Waals surface area contributed by atoms with Crippen molar-refractivity contribution >= 4 is 12.1 Å². The summed E-state index contributed by atoms with van der Waals surface area (Å²) in [5, 5.41) is 10.3. The molecular weight excluding hydrogens is 242 g/mol. The molecule has 2 aliphatic rings. The molecule has 1 amide bonds. The fourth-order valence-corrected chi connectivity index (χ4v) is 3.40. The van der Waals surface area contributed by atoms with Crippen LogP contribution in [0.25, 0.3) is 0 Å². The Bertz CT molecular complexity index is 577. The van der Waals surface area contributed by atoms with E-state index in [2.05, 4.69) is 0 Å². The lowest BCUT2D eigenvalue weighted by Gasteiger charge is -2.21. The van der Waals surface area contributed by atoms with Crippen molar-refractivity contribution in [1.82, 2.24) is 0 Å². The Morgan fingerprint density at radius 3 is 2.74 bits per heavy atom. The smallest absolute Gasteiger partial charge is 0.214 e. The quantitative estimate of drug-likeness (QED) is 0.787. The van der Waals surface area contributed by atoms with E-state index in [0.717, 1.165) is 47.5 Å². The third-order valence-corrected chi connectivity index (χ3v) is 4.65. The van der Waals surface area contributed by atoms with E-state index in [1.54, 1.807) is 11.8 Å². The Kier molecular flexibility index (Phi) is 2.45. The molecule has 0 saturated carbocycles. The van der Waals surface area contributed by atoms with Gasteiger partial charge in [-0.25, -0.2) is 0 Å². The molecule has 0 fully saturated rings. The molecule has 2 unspecified atom stereocenters. The van der Waals surface area contributed by atoms with Crippen molar-refractivity contribution in [2.45, 2.75) is 45.8 Å². The van der Waals surface area contributed by atoms with Crippen molar-refractivity contribution in [3.05, 3.63) is 22.3 Å². The summed E-state index contributed by atoms with van der Waals surface area (Å²) >= 11 is 0. The number of rotatable bonds is 1. The standard InChI is InChI=1S/C15H19NO3/c1-8-11-5-6-16(7-17)13(11)9(2)12-10(3)15(4,18)19-14(8)12/h7,10,18H,5-6H2,1-4H3. The van der Waals surface area contributed by atoms with Crippen LogP contribution in [0.2, 0.25) is 0 Å². The van der Waals surface area contributed by atoms with Gasteiger partial charge >= 0.3 is 0 Å². The Hall–Kier alpha value is -1.55. The molecule has 3 rings (SSSR count). The molecule has 102 valence electrons. The molecule has 4 heteroatoms. The number of ether oxygens (including phenoxy) is 1. The summed E-state index contributed by atoms with van der Waals surface area (Å²) in [6.45, 7) is 8.41. The molecule has 0 saturated heterocycles. The number of hydrogen-bond acceptors (Lipinski definition) is 3. The van der Waals surface area contributed by atoms with E-state index in [-0.39, 0.29) is 5.92 Å². The molecule has 0 spiro atoms. The van der Waals surface area contributed by atoms with E-state index < -0.39 is 5.79 Å². The minimum atomic E-state index is -1.17. The number of anilines is 1. The second-order valence-electron chi connectivity index (χ2n) is 5.75. The number of amides is 1. The Labute approximate surface area is 113 Å². The molecule has 0 aromatic heterocycles. The number of nitrogens with zero attached hydrogens (tertiary/aromatic N) is 1. The topological polar surface area (TPSA) is 49.8 Å². The first-order valence-electron chi connectivity index (χ1n) is 6.67. The lowest BCUT2D eigenvalue weighted by atomic mass is 9.88. The molecule has 1 aromatic carbocycles. The number of aliphatic hydroxyl groups is 1. The molecular formula is C15H19NO3. The van der Waals surface area contributed by atoms with Gasteiger partial charge in [0.25, 0.3) is 0 Å². The van der Waals surface area contributed by atoms with Gasteiger partial charge in [-0.2, -0.15) is 0 Å². The number of fused-ring (bicyclic) bond motifs is 2. The maximum atomic E-state index is 11.2. The molecule has 0 bridgehead atoms. The van der Waals surface area contributed by atoms with E-state index in [1.807, 2.05) is 20.8 Å². The first-order valence-corrected chi connectivity index (χ1v) is 6.67. The van der Waals surface area contributed by atoms with Gasteiger partial charge in [0.15, 0.2) is 0 Å². The van der Waals surface area contributed by atoms with Gasteiger partial charge in [-0.05, 0) is 37.0 Å². The van der Waals surface area contributed by atoms with Crippen LogP contribution in [-0.2, 0) is 11.2 Å². The average molecular weight is 261 g/mol. The summed E-state index contributed by atoms with van der Waals surface area (Å²) in [5.41, 5.74) is 5.35. The highest BCUT2D eigenvalue weighted by atomic mass is 16.6. The second kappa shape index (κ2) is 3.73. The first kappa shape index (κ1) is 12.5. The molecule has 0 radical (unpaired) electrons. The minimum absolute atomic E-state index is 0.0967. The predicted octanol–water partition coefficient (Wildman–Crippen LogP) is 2.03. The lowest BCUT2D eigenvalue weighted by molar-refractivity contribution is -0.120. The van der Waals surface area contributed by atoms with Crippen molar-refractivity contribution in [2.75, 3.05) is 11.4 Å². The van der Waals surface area contributed by atoms with Crippen LogP contribution in [0.3, 0.4) is 0 Å². The normalized spacial score (nSPS) is 28.1. The van der Waals surface area contributed by atoms with E-state index in [1.165, 1.54) is 5.56 Å². The second-order valence-corrected chi connectivity index (χ2v) is 5.75. The molecule has 2 atom stereocenters. The highest BCUT2D eigenvalue weighted by Crippen LogP contribution is 2.51. The van der Waals surface area contributed by atoms with Crippen molar-refractivity contribution in [1.29, 1.82) is 0 Å². The summed E-state index contributed by atoms with van der Waals surface area (Å²) in [7, 11) is 0. The summed E-state index contributed by atoms with van der Waals surface area (Å²) in [5.74, 6) is -0.457. The number of benzene rings is 1. The third-order valence-electron chi connectivity index (χ3n) is 4.65. The molecule has 2 heterocycles. The van der Waals surface area contributed by atoms with E-state index in [9.17, 15) is 9.90 Å². The Morgan fingerprint density at radius 1 is 1.42 bits per heavy atom. The van der Waals surface area contributed by atoms with Crippen LogP contribution in [0.15, 0.2) is 0 Å². The summed E-state index contributed by atoms with van der Waals surface area (Å²) in [4.78, 5) is 12.9. The highest BCUT2D eigenvalue weighted by Gasteiger charge is 2.44. The van der Waals surface area contributed by atoms with Crippen LogP contribution in [0, 0.1) is 13.8 Å². The zero-order valence-corrected chi connectivity index (χ0v) is 11.8. The number of carbonyl (C=O) groups excluding carboxylic acids is 1. The van der Waals surface area contributed by atoms with Crippen molar-refractivity contribution in [3.8, 4) is 5.75 Å². The third kappa shape index (κ3) is 1.46. The first-order chi connectivity index (χ1) is 8.88. The largest absolute Gasteiger partial charge is 0.462 e. The number of carbonyl (C=O) groups is 1. The zero-order chi connectivity index (χ0) is 13.9. The predicted molar refractivity (Wildman–Crippen MR) is 72.7 cm³/mol. The fourth-order valence-electron chi connectivity index (χ4n) is 3.40. The van der Waals surface area contributed by atoms with Crippen molar-refractivity contribution in [2.24, 2.45) is 0 Å². The van der Waals surface area contributed by atoms with Crippen LogP contribution in [0.5, 0.6) is 5.75 Å². The molecule has 4 nitrogen and oxygen atoms in total. The molecule has 1 aromatic rings. The molecule has 0 aliphatic carbocycles. The SMILES string of the molecule is Cc1c2c(c(C)c3c1OC(C)(O)C3C)N(C=O)CC2. The van der Waals surface area contributed by atoms with Crippen molar-refractivity contribution in [3.63, 3.8) is 0 Å². The van der Waals surface area contributed by atoms with Crippen LogP contribution < -0.4 is 9.64 Å². The van der Waals surface area contributed by atoms with Gasteiger partial charge in [-0.3, -0.25) is 4.79 Å². The fraction of sp³-hybridized carbons (Fsp3) is 0.533. The average Bonchev–Trinajstić information content (AvgIpc) is 2.88. The van der Waals surface area contributed by atoms with Gasteiger partial charge in [0.1, 0.15) is 5.75 Å². The van der Waals surface area contributed by atoms with E-state index in [0.29, 0.717) is 0 Å². The van der Waals surface area contributed by atoms with E-state index >= 15 is 0 Å². The van der Waals surface area contributed by atoms with Gasteiger partial charge in [-0.15, -0.1) is 0 Å². The van der Waals surface area contributed by atoms with Crippen molar-refractivity contribution < 1.29 is 14.6 Å². The maximum absolute atomic E-state index is 11.2. The lowest BCUT2D eigenvalue weighted by Crippen LogP contribution is -2.32. The zero-order valence-electron chi connectivity index (χ0n) is 11.8. The van der Waals surface area contributed by atoms with E-state index in [4.69, 9.17) is 4.74 Å². The molecule has 1 N–H and O–H groups in total.